The topological polar surface area (TPSA) is 3.24 Å². The molecule has 0 N–H and O–H groups in total. The van der Waals surface area contributed by atoms with Crippen LogP contribution in [0.1, 0.15) is 24.8 Å². The molecule has 0 saturated carbocycles. The van der Waals surface area contributed by atoms with E-state index in [4.69, 9.17) is 0 Å². The number of likely N-dealkylation sites (tertiary alicyclic amines) is 1. The van der Waals surface area contributed by atoms with Crippen LogP contribution in [0.4, 0.5) is 0 Å². The molecule has 1 heteroatoms. The van der Waals surface area contributed by atoms with Gasteiger partial charge in [-0.1, -0.05) is 36.4 Å². The maximum Gasteiger partial charge on any atom is 0.00123 e. The van der Waals surface area contributed by atoms with Crippen molar-refractivity contribution in [3.63, 3.8) is 0 Å². The molecule has 3 rings (SSSR count). The molecule has 0 bridgehead atoms. The Morgan fingerprint density at radius 1 is 1.12 bits per heavy atom. The van der Waals surface area contributed by atoms with Crippen LogP contribution in [0.25, 0.3) is 5.57 Å². The van der Waals surface area contributed by atoms with Crippen LogP contribution in [0.2, 0.25) is 0 Å². The zero-order chi connectivity index (χ0) is 11.7. The first-order valence-corrected chi connectivity index (χ1v) is 6.76. The largest absolute Gasteiger partial charge is 0.306 e. The Kier molecular flexibility index (Phi) is 3.02. The molecule has 2 aliphatic rings. The van der Waals surface area contributed by atoms with Crippen molar-refractivity contribution in [2.45, 2.75) is 19.3 Å². The molecule has 2 unspecified atom stereocenters. The smallest absolute Gasteiger partial charge is 0.00123 e. The van der Waals surface area contributed by atoms with E-state index in [9.17, 15) is 0 Å². The number of rotatable bonds is 1. The molecule has 1 heterocycles. The van der Waals surface area contributed by atoms with E-state index in [1.807, 2.05) is 0 Å². The third-order valence-corrected chi connectivity index (χ3v) is 4.39. The molecule has 1 nitrogen and oxygen atoms in total. The number of benzene rings is 1. The van der Waals surface area contributed by atoms with Crippen molar-refractivity contribution in [2.75, 3.05) is 20.1 Å². The number of piperidine rings is 1. The summed E-state index contributed by atoms with van der Waals surface area (Å²) in [5.74, 6) is 1.83. The molecule has 1 saturated heterocycles. The quantitative estimate of drug-likeness (QED) is 0.710. The van der Waals surface area contributed by atoms with Crippen LogP contribution < -0.4 is 0 Å². The molecule has 2 atom stereocenters. The Morgan fingerprint density at radius 2 is 1.94 bits per heavy atom. The summed E-state index contributed by atoms with van der Waals surface area (Å²) in [7, 11) is 2.26. The summed E-state index contributed by atoms with van der Waals surface area (Å²) in [6, 6.07) is 10.9. The Morgan fingerprint density at radius 3 is 2.76 bits per heavy atom. The minimum Gasteiger partial charge on any atom is -0.306 e. The first-order valence-electron chi connectivity index (χ1n) is 6.76. The predicted octanol–water partition coefficient (Wildman–Crippen LogP) is 3.43. The molecule has 17 heavy (non-hydrogen) atoms. The monoisotopic (exact) mass is 227 g/mol. The molecular weight excluding hydrogens is 206 g/mol. The van der Waals surface area contributed by atoms with Crippen molar-refractivity contribution in [2.24, 2.45) is 11.8 Å². The third kappa shape index (κ3) is 2.30. The van der Waals surface area contributed by atoms with Crippen LogP contribution in [-0.2, 0) is 0 Å². The highest BCUT2D eigenvalue weighted by Crippen LogP contribution is 2.38. The summed E-state index contributed by atoms with van der Waals surface area (Å²) in [6.45, 7) is 2.58. The van der Waals surface area contributed by atoms with Crippen molar-refractivity contribution < 1.29 is 0 Å². The van der Waals surface area contributed by atoms with Gasteiger partial charge in [0.15, 0.2) is 0 Å². The maximum atomic E-state index is 2.49. The minimum atomic E-state index is 0.904. The fraction of sp³-hybridized carbons (Fsp3) is 0.500. The summed E-state index contributed by atoms with van der Waals surface area (Å²) in [4.78, 5) is 2.49. The van der Waals surface area contributed by atoms with Crippen LogP contribution in [0.3, 0.4) is 0 Å². The average Bonchev–Trinajstić information content (AvgIpc) is 2.39. The van der Waals surface area contributed by atoms with Gasteiger partial charge in [0, 0.05) is 6.54 Å². The van der Waals surface area contributed by atoms with E-state index in [0.717, 1.165) is 11.8 Å². The Hall–Kier alpha value is -1.08. The van der Waals surface area contributed by atoms with E-state index in [0.29, 0.717) is 0 Å². The number of hydrogen-bond donors (Lipinski definition) is 0. The second-order valence-corrected chi connectivity index (χ2v) is 5.61. The molecule has 1 aliphatic carbocycles. The lowest BCUT2D eigenvalue weighted by molar-refractivity contribution is 0.143. The van der Waals surface area contributed by atoms with Gasteiger partial charge in [-0.3, -0.25) is 0 Å². The summed E-state index contributed by atoms with van der Waals surface area (Å²) in [5, 5.41) is 0. The van der Waals surface area contributed by atoms with Gasteiger partial charge in [0.2, 0.25) is 0 Å². The van der Waals surface area contributed by atoms with Crippen molar-refractivity contribution in [1.29, 1.82) is 0 Å². The molecular formula is C16H21N. The van der Waals surface area contributed by atoms with Crippen molar-refractivity contribution >= 4 is 5.57 Å². The van der Waals surface area contributed by atoms with Gasteiger partial charge in [0.1, 0.15) is 0 Å². The van der Waals surface area contributed by atoms with Gasteiger partial charge in [-0.2, -0.15) is 0 Å². The van der Waals surface area contributed by atoms with Crippen LogP contribution in [-0.4, -0.2) is 25.0 Å². The number of hydrogen-bond acceptors (Lipinski definition) is 1. The maximum absolute atomic E-state index is 2.49. The van der Waals surface area contributed by atoms with Crippen molar-refractivity contribution in [1.82, 2.24) is 4.90 Å². The summed E-state index contributed by atoms with van der Waals surface area (Å²) >= 11 is 0. The molecule has 0 spiro atoms. The van der Waals surface area contributed by atoms with Gasteiger partial charge in [0.05, 0.1) is 0 Å². The van der Waals surface area contributed by atoms with Crippen LogP contribution >= 0.6 is 0 Å². The van der Waals surface area contributed by atoms with Gasteiger partial charge < -0.3 is 4.90 Å². The fourth-order valence-electron chi connectivity index (χ4n) is 3.35. The lowest BCUT2D eigenvalue weighted by atomic mass is 9.74. The third-order valence-electron chi connectivity index (χ3n) is 4.39. The van der Waals surface area contributed by atoms with Gasteiger partial charge in [-0.25, -0.2) is 0 Å². The van der Waals surface area contributed by atoms with Crippen LogP contribution in [0.15, 0.2) is 36.4 Å². The second kappa shape index (κ2) is 4.66. The zero-order valence-corrected chi connectivity index (χ0v) is 10.6. The van der Waals surface area contributed by atoms with E-state index in [-0.39, 0.29) is 0 Å². The summed E-state index contributed by atoms with van der Waals surface area (Å²) in [5.41, 5.74) is 3.02. The first kappa shape index (κ1) is 11.0. The second-order valence-electron chi connectivity index (χ2n) is 5.61. The molecule has 0 amide bonds. The predicted molar refractivity (Wildman–Crippen MR) is 72.7 cm³/mol. The Bertz CT molecular complexity index is 407. The normalized spacial score (nSPS) is 29.6. The van der Waals surface area contributed by atoms with E-state index in [1.165, 1.54) is 37.9 Å². The molecule has 1 aromatic rings. The molecule has 90 valence electrons. The summed E-state index contributed by atoms with van der Waals surface area (Å²) in [6.07, 6.45) is 6.43. The van der Waals surface area contributed by atoms with Gasteiger partial charge in [0.25, 0.3) is 0 Å². The zero-order valence-electron chi connectivity index (χ0n) is 10.6. The van der Waals surface area contributed by atoms with E-state index in [2.05, 4.69) is 48.4 Å². The number of fused-ring (bicyclic) bond motifs is 1. The number of nitrogens with zero attached hydrogens (tertiary/aromatic N) is 1. The highest BCUT2D eigenvalue weighted by atomic mass is 15.1. The number of allylic oxidation sites excluding steroid dienone is 2. The Labute approximate surface area is 104 Å². The molecule has 1 aliphatic heterocycles. The van der Waals surface area contributed by atoms with Gasteiger partial charge in [-0.05, 0) is 55.8 Å². The SMILES string of the molecule is CN1CCC2CC(c3ccccc3)=CCC2C1. The molecule has 0 radical (unpaired) electrons. The van der Waals surface area contributed by atoms with E-state index >= 15 is 0 Å². The highest BCUT2D eigenvalue weighted by molar-refractivity contribution is 5.66. The van der Waals surface area contributed by atoms with E-state index < -0.39 is 0 Å². The summed E-state index contributed by atoms with van der Waals surface area (Å²) < 4.78 is 0. The van der Waals surface area contributed by atoms with Crippen LogP contribution in [0, 0.1) is 11.8 Å². The first-order chi connectivity index (χ1) is 8.33. The standard InChI is InChI=1S/C16H21N/c1-17-10-9-15-11-14(7-8-16(15)12-17)13-5-3-2-4-6-13/h2-7,15-16H,8-12H2,1H3. The highest BCUT2D eigenvalue weighted by Gasteiger charge is 2.30. The minimum absolute atomic E-state index is 0.904. The van der Waals surface area contributed by atoms with E-state index in [1.54, 1.807) is 5.57 Å². The Balaban J connectivity index is 1.78. The average molecular weight is 227 g/mol. The lowest BCUT2D eigenvalue weighted by Gasteiger charge is -2.39. The fourth-order valence-corrected chi connectivity index (χ4v) is 3.35. The molecule has 1 fully saturated rings. The molecule has 0 aromatic heterocycles. The van der Waals surface area contributed by atoms with Gasteiger partial charge >= 0.3 is 0 Å². The van der Waals surface area contributed by atoms with Gasteiger partial charge in [-0.15, -0.1) is 0 Å². The lowest BCUT2D eigenvalue weighted by Crippen LogP contribution is -2.39. The van der Waals surface area contributed by atoms with Crippen molar-refractivity contribution in [3.8, 4) is 0 Å². The van der Waals surface area contributed by atoms with Crippen LogP contribution in [0.5, 0.6) is 0 Å². The van der Waals surface area contributed by atoms with Crippen molar-refractivity contribution in [3.05, 3.63) is 42.0 Å². The molecule has 1 aromatic carbocycles.